The van der Waals surface area contributed by atoms with Crippen molar-refractivity contribution in [2.45, 2.75) is 45.3 Å². The average molecular weight is 428 g/mol. The van der Waals surface area contributed by atoms with E-state index in [0.29, 0.717) is 0 Å². The molecule has 12 nitrogen and oxygen atoms in total. The molecule has 1 saturated heterocycles. The van der Waals surface area contributed by atoms with Crippen LogP contribution in [0.25, 0.3) is 11.2 Å². The van der Waals surface area contributed by atoms with Crippen LogP contribution in [0.2, 0.25) is 5.15 Å². The summed E-state index contributed by atoms with van der Waals surface area (Å²) in [5.41, 5.74) is 6.14. The van der Waals surface area contributed by atoms with Crippen molar-refractivity contribution >= 4 is 46.6 Å². The number of halogens is 1. The van der Waals surface area contributed by atoms with Crippen LogP contribution in [0.15, 0.2) is 6.33 Å². The van der Waals surface area contributed by atoms with E-state index in [9.17, 15) is 14.4 Å². The SMILES string of the molecule is CC(=O)OC[C@H]1O[C@@H](n2cnc3c(Cl)nc(N)nc32)C(OC(C)=O)C1OC(C)=O. The molecule has 13 heteroatoms. The molecule has 1 fully saturated rings. The van der Waals surface area contributed by atoms with Gasteiger partial charge in [0.1, 0.15) is 18.2 Å². The first-order chi connectivity index (χ1) is 13.7. The fraction of sp³-hybridized carbons (Fsp3) is 0.500. The van der Waals surface area contributed by atoms with Gasteiger partial charge in [0.25, 0.3) is 0 Å². The zero-order valence-corrected chi connectivity index (χ0v) is 16.5. The monoisotopic (exact) mass is 427 g/mol. The zero-order chi connectivity index (χ0) is 21.3. The maximum Gasteiger partial charge on any atom is 0.303 e. The van der Waals surface area contributed by atoms with Crippen molar-refractivity contribution in [3.63, 3.8) is 0 Å². The fourth-order valence-electron chi connectivity index (χ4n) is 3.00. The van der Waals surface area contributed by atoms with Crippen LogP contribution in [0.3, 0.4) is 0 Å². The molecule has 0 spiro atoms. The first-order valence-corrected chi connectivity index (χ1v) is 8.84. The zero-order valence-electron chi connectivity index (χ0n) is 15.7. The van der Waals surface area contributed by atoms with Gasteiger partial charge in [-0.05, 0) is 0 Å². The van der Waals surface area contributed by atoms with Crippen molar-refractivity contribution < 1.29 is 33.3 Å². The standard InChI is InChI=1S/C16H18ClN5O7/c1-6(23)26-4-9-11(27-7(2)24)12(28-8(3)25)15(29-9)22-5-19-10-13(17)20-16(18)21-14(10)22/h5,9,11-12,15H,4H2,1-3H3,(H2,18,20,21)/t9-,11?,12?,15-/m1/s1. The Kier molecular flexibility index (Phi) is 5.84. The Hall–Kier alpha value is -2.99. The number of nitrogens with zero attached hydrogens (tertiary/aromatic N) is 4. The van der Waals surface area contributed by atoms with Crippen molar-refractivity contribution in [2.75, 3.05) is 12.3 Å². The Morgan fingerprint density at radius 2 is 1.79 bits per heavy atom. The Morgan fingerprint density at radius 1 is 1.14 bits per heavy atom. The lowest BCUT2D eigenvalue weighted by Gasteiger charge is -2.23. The number of ether oxygens (including phenoxy) is 4. The Balaban J connectivity index is 2.04. The summed E-state index contributed by atoms with van der Waals surface area (Å²) < 4.78 is 23.0. The molecule has 0 bridgehead atoms. The molecule has 1 aliphatic heterocycles. The maximum absolute atomic E-state index is 11.7. The second kappa shape index (κ2) is 8.17. The molecule has 0 aliphatic carbocycles. The molecule has 0 amide bonds. The molecule has 156 valence electrons. The average Bonchev–Trinajstić information content (AvgIpc) is 3.15. The molecule has 29 heavy (non-hydrogen) atoms. The van der Waals surface area contributed by atoms with E-state index in [1.165, 1.54) is 31.7 Å². The smallest absolute Gasteiger partial charge is 0.303 e. The number of fused-ring (bicyclic) bond motifs is 1. The summed E-state index contributed by atoms with van der Waals surface area (Å²) >= 11 is 6.05. The van der Waals surface area contributed by atoms with E-state index in [1.807, 2.05) is 0 Å². The number of esters is 3. The van der Waals surface area contributed by atoms with Crippen LogP contribution in [0.1, 0.15) is 27.0 Å². The van der Waals surface area contributed by atoms with Crippen LogP contribution < -0.4 is 5.73 Å². The molecule has 2 unspecified atom stereocenters. The van der Waals surface area contributed by atoms with Crippen molar-refractivity contribution in [1.29, 1.82) is 0 Å². The van der Waals surface area contributed by atoms with Gasteiger partial charge in [-0.15, -0.1) is 0 Å². The third-order valence-electron chi connectivity index (χ3n) is 4.01. The molecule has 3 rings (SSSR count). The number of nitrogen functional groups attached to an aromatic ring is 1. The van der Waals surface area contributed by atoms with Crippen molar-refractivity contribution in [2.24, 2.45) is 0 Å². The lowest BCUT2D eigenvalue weighted by atomic mass is 10.1. The van der Waals surface area contributed by atoms with Crippen LogP contribution >= 0.6 is 11.6 Å². The van der Waals surface area contributed by atoms with E-state index < -0.39 is 42.4 Å². The first-order valence-electron chi connectivity index (χ1n) is 8.46. The predicted octanol–water partition coefficient (Wildman–Crippen LogP) is 0.386. The molecular formula is C16H18ClN5O7. The number of hydrogen-bond donors (Lipinski definition) is 1. The number of anilines is 1. The molecule has 0 saturated carbocycles. The highest BCUT2D eigenvalue weighted by molar-refractivity contribution is 6.33. The highest BCUT2D eigenvalue weighted by Gasteiger charge is 2.51. The van der Waals surface area contributed by atoms with Gasteiger partial charge in [-0.2, -0.15) is 9.97 Å². The van der Waals surface area contributed by atoms with Crippen LogP contribution in [0.4, 0.5) is 5.95 Å². The first kappa shape index (κ1) is 20.7. The Morgan fingerprint density at radius 3 is 2.41 bits per heavy atom. The number of nitrogens with two attached hydrogens (primary N) is 1. The molecule has 0 aromatic carbocycles. The number of carbonyl (C=O) groups excluding carboxylic acids is 3. The van der Waals surface area contributed by atoms with E-state index in [4.69, 9.17) is 36.3 Å². The summed E-state index contributed by atoms with van der Waals surface area (Å²) in [5, 5.41) is 0.0290. The van der Waals surface area contributed by atoms with Crippen molar-refractivity contribution in [3.8, 4) is 0 Å². The van der Waals surface area contributed by atoms with Gasteiger partial charge in [0.05, 0.1) is 6.33 Å². The maximum atomic E-state index is 11.7. The summed E-state index contributed by atoms with van der Waals surface area (Å²) in [6.45, 7) is 3.39. The van der Waals surface area contributed by atoms with Crippen LogP contribution in [0, 0.1) is 0 Å². The summed E-state index contributed by atoms with van der Waals surface area (Å²) in [5.74, 6) is -1.91. The third kappa shape index (κ3) is 4.38. The number of carbonyl (C=O) groups is 3. The second-order valence-corrected chi connectivity index (χ2v) is 6.57. The third-order valence-corrected chi connectivity index (χ3v) is 4.27. The highest BCUT2D eigenvalue weighted by atomic mass is 35.5. The van der Waals surface area contributed by atoms with Gasteiger partial charge in [0.15, 0.2) is 29.2 Å². The van der Waals surface area contributed by atoms with Crippen molar-refractivity contribution in [1.82, 2.24) is 19.5 Å². The second-order valence-electron chi connectivity index (χ2n) is 6.21. The summed E-state index contributed by atoms with van der Waals surface area (Å²) in [6.07, 6.45) is -2.70. The Labute approximate surface area is 169 Å². The highest BCUT2D eigenvalue weighted by Crippen LogP contribution is 2.36. The van der Waals surface area contributed by atoms with E-state index in [-0.39, 0.29) is 28.9 Å². The van der Waals surface area contributed by atoms with E-state index in [0.717, 1.165) is 0 Å². The summed E-state index contributed by atoms with van der Waals surface area (Å²) in [6, 6.07) is 0. The largest absolute Gasteiger partial charge is 0.463 e. The minimum absolute atomic E-state index is 0.0290. The van der Waals surface area contributed by atoms with Crippen molar-refractivity contribution in [3.05, 3.63) is 11.5 Å². The normalized spacial score (nSPS) is 23.7. The molecule has 2 N–H and O–H groups in total. The lowest BCUT2D eigenvalue weighted by Crippen LogP contribution is -2.40. The quantitative estimate of drug-likeness (QED) is 0.399. The fourth-order valence-corrected chi connectivity index (χ4v) is 3.22. The number of rotatable bonds is 5. The van der Waals surface area contributed by atoms with Gasteiger partial charge in [-0.3, -0.25) is 19.0 Å². The minimum Gasteiger partial charge on any atom is -0.463 e. The van der Waals surface area contributed by atoms with Gasteiger partial charge in [-0.25, -0.2) is 4.98 Å². The summed E-state index contributed by atoms with van der Waals surface area (Å²) in [7, 11) is 0. The molecule has 1 aliphatic rings. The van der Waals surface area contributed by atoms with Crippen LogP contribution in [-0.2, 0) is 33.3 Å². The van der Waals surface area contributed by atoms with E-state index >= 15 is 0 Å². The molecule has 4 atom stereocenters. The number of hydrogen-bond acceptors (Lipinski definition) is 11. The molecule has 2 aromatic heterocycles. The molecule has 3 heterocycles. The molecule has 2 aromatic rings. The van der Waals surface area contributed by atoms with Crippen LogP contribution in [-0.4, -0.2) is 62.3 Å². The summed E-state index contributed by atoms with van der Waals surface area (Å²) in [4.78, 5) is 46.6. The Bertz CT molecular complexity index is 965. The minimum atomic E-state index is -1.08. The van der Waals surface area contributed by atoms with Gasteiger partial charge in [0, 0.05) is 20.8 Å². The lowest BCUT2D eigenvalue weighted by molar-refractivity contribution is -0.166. The van der Waals surface area contributed by atoms with Gasteiger partial charge in [-0.1, -0.05) is 11.6 Å². The van der Waals surface area contributed by atoms with Gasteiger partial charge in [0.2, 0.25) is 5.95 Å². The van der Waals surface area contributed by atoms with E-state index in [1.54, 1.807) is 0 Å². The molecular weight excluding hydrogens is 410 g/mol. The van der Waals surface area contributed by atoms with E-state index in [2.05, 4.69) is 15.0 Å². The predicted molar refractivity (Wildman–Crippen MR) is 96.4 cm³/mol. The number of aromatic nitrogens is 4. The van der Waals surface area contributed by atoms with Gasteiger partial charge >= 0.3 is 17.9 Å². The van der Waals surface area contributed by atoms with Gasteiger partial charge < -0.3 is 24.7 Å². The van der Waals surface area contributed by atoms with Crippen LogP contribution in [0.5, 0.6) is 0 Å². The molecule has 0 radical (unpaired) electrons. The number of imidazole rings is 1. The topological polar surface area (TPSA) is 158 Å².